The SMILES string of the molecule is CCOc1cc(/C=C(/C#N)C(=O)Nc2ccccc2C)ccc1OCc1ccc2ccccc2c1. The second-order valence-corrected chi connectivity index (χ2v) is 8.05. The molecule has 4 aromatic carbocycles. The van der Waals surface area contributed by atoms with Gasteiger partial charge in [-0.1, -0.05) is 60.7 Å². The van der Waals surface area contributed by atoms with Crippen molar-refractivity contribution in [3.63, 3.8) is 0 Å². The highest BCUT2D eigenvalue weighted by atomic mass is 16.5. The third-order valence-corrected chi connectivity index (χ3v) is 5.55. The molecule has 35 heavy (non-hydrogen) atoms. The maximum absolute atomic E-state index is 12.7. The van der Waals surface area contributed by atoms with Gasteiger partial charge in [0.25, 0.3) is 5.91 Å². The Balaban J connectivity index is 1.52. The lowest BCUT2D eigenvalue weighted by atomic mass is 10.1. The minimum atomic E-state index is -0.462. The lowest BCUT2D eigenvalue weighted by molar-refractivity contribution is -0.112. The summed E-state index contributed by atoms with van der Waals surface area (Å²) in [5.41, 5.74) is 3.31. The van der Waals surface area contributed by atoms with Crippen LogP contribution >= 0.6 is 0 Å². The molecule has 0 bridgehead atoms. The molecule has 0 aliphatic rings. The number of anilines is 1. The third kappa shape index (κ3) is 5.87. The molecule has 0 aromatic heterocycles. The van der Waals surface area contributed by atoms with Crippen molar-refractivity contribution >= 4 is 28.4 Å². The highest BCUT2D eigenvalue weighted by Crippen LogP contribution is 2.30. The van der Waals surface area contributed by atoms with Crippen molar-refractivity contribution in [1.29, 1.82) is 5.26 Å². The van der Waals surface area contributed by atoms with Gasteiger partial charge in [-0.25, -0.2) is 0 Å². The van der Waals surface area contributed by atoms with E-state index in [1.54, 1.807) is 30.3 Å². The fraction of sp³-hybridized carbons (Fsp3) is 0.133. The van der Waals surface area contributed by atoms with Crippen LogP contribution < -0.4 is 14.8 Å². The molecule has 0 atom stereocenters. The van der Waals surface area contributed by atoms with Crippen LogP contribution in [-0.2, 0) is 11.4 Å². The number of ether oxygens (including phenoxy) is 2. The van der Waals surface area contributed by atoms with Crippen LogP contribution in [0.1, 0.15) is 23.6 Å². The largest absolute Gasteiger partial charge is 0.490 e. The summed E-state index contributed by atoms with van der Waals surface area (Å²) in [5.74, 6) is 0.690. The van der Waals surface area contributed by atoms with Gasteiger partial charge >= 0.3 is 0 Å². The first-order chi connectivity index (χ1) is 17.1. The number of hydrogen-bond acceptors (Lipinski definition) is 4. The molecular weight excluding hydrogens is 436 g/mol. The standard InChI is InChI=1S/C30H26N2O3/c1-3-34-29-18-22(16-26(19-31)30(33)32-27-11-7-4-8-21(27)2)13-15-28(29)35-20-23-12-14-24-9-5-6-10-25(24)17-23/h4-18H,3,20H2,1-2H3,(H,32,33)/b26-16-. The summed E-state index contributed by atoms with van der Waals surface area (Å²) in [4.78, 5) is 12.7. The van der Waals surface area contributed by atoms with Gasteiger partial charge in [-0.2, -0.15) is 5.26 Å². The number of fused-ring (bicyclic) bond motifs is 1. The van der Waals surface area contributed by atoms with Gasteiger partial charge in [0.1, 0.15) is 18.2 Å². The summed E-state index contributed by atoms with van der Waals surface area (Å²) in [7, 11) is 0. The molecule has 1 N–H and O–H groups in total. The molecule has 0 aliphatic carbocycles. The Hall–Kier alpha value is -4.56. The monoisotopic (exact) mass is 462 g/mol. The van der Waals surface area contributed by atoms with Crippen molar-refractivity contribution in [2.45, 2.75) is 20.5 Å². The number of para-hydroxylation sites is 1. The van der Waals surface area contributed by atoms with E-state index in [0.717, 1.165) is 16.5 Å². The number of carbonyl (C=O) groups excluding carboxylic acids is 1. The smallest absolute Gasteiger partial charge is 0.266 e. The second kappa shape index (κ2) is 11.0. The summed E-state index contributed by atoms with van der Waals surface area (Å²) < 4.78 is 11.8. The van der Waals surface area contributed by atoms with Crippen LogP contribution in [0.15, 0.2) is 90.5 Å². The summed E-state index contributed by atoms with van der Waals surface area (Å²) in [5, 5.41) is 14.7. The van der Waals surface area contributed by atoms with E-state index >= 15 is 0 Å². The molecule has 0 heterocycles. The first-order valence-corrected chi connectivity index (χ1v) is 11.4. The predicted octanol–water partition coefficient (Wildman–Crippen LogP) is 6.67. The average molecular weight is 463 g/mol. The van der Waals surface area contributed by atoms with E-state index in [-0.39, 0.29) is 5.57 Å². The molecule has 0 saturated carbocycles. The minimum absolute atomic E-state index is 0.000494. The van der Waals surface area contributed by atoms with Crippen LogP contribution in [0.5, 0.6) is 11.5 Å². The van der Waals surface area contributed by atoms with Gasteiger partial charge in [0.05, 0.1) is 6.61 Å². The Kier molecular flexibility index (Phi) is 7.44. The number of rotatable bonds is 8. The van der Waals surface area contributed by atoms with E-state index in [1.807, 2.05) is 56.3 Å². The van der Waals surface area contributed by atoms with Crippen molar-refractivity contribution < 1.29 is 14.3 Å². The average Bonchev–Trinajstić information content (AvgIpc) is 2.88. The maximum atomic E-state index is 12.7. The van der Waals surface area contributed by atoms with E-state index in [0.29, 0.717) is 36.0 Å². The molecule has 174 valence electrons. The zero-order chi connectivity index (χ0) is 24.6. The van der Waals surface area contributed by atoms with Crippen molar-refractivity contribution in [2.75, 3.05) is 11.9 Å². The van der Waals surface area contributed by atoms with E-state index < -0.39 is 5.91 Å². The van der Waals surface area contributed by atoms with Gasteiger partial charge < -0.3 is 14.8 Å². The van der Waals surface area contributed by atoms with Crippen LogP contribution in [0.2, 0.25) is 0 Å². The van der Waals surface area contributed by atoms with Crippen molar-refractivity contribution in [3.8, 4) is 17.6 Å². The Bertz CT molecular complexity index is 1430. The Morgan fingerprint density at radius 1 is 0.914 bits per heavy atom. The minimum Gasteiger partial charge on any atom is -0.490 e. The Morgan fingerprint density at radius 2 is 1.69 bits per heavy atom. The highest BCUT2D eigenvalue weighted by Gasteiger charge is 2.12. The van der Waals surface area contributed by atoms with Gasteiger partial charge in [0.2, 0.25) is 0 Å². The molecule has 0 fully saturated rings. The number of benzene rings is 4. The zero-order valence-electron chi connectivity index (χ0n) is 19.7. The summed E-state index contributed by atoms with van der Waals surface area (Å²) in [6.07, 6.45) is 1.54. The Labute approximate surface area is 205 Å². The van der Waals surface area contributed by atoms with Crippen LogP contribution in [-0.4, -0.2) is 12.5 Å². The topological polar surface area (TPSA) is 71.3 Å². The molecule has 0 spiro atoms. The van der Waals surface area contributed by atoms with E-state index in [9.17, 15) is 10.1 Å². The van der Waals surface area contributed by atoms with Crippen LogP contribution in [0.4, 0.5) is 5.69 Å². The lowest BCUT2D eigenvalue weighted by Gasteiger charge is -2.13. The first-order valence-electron chi connectivity index (χ1n) is 11.4. The summed E-state index contributed by atoms with van der Waals surface area (Å²) in [6.45, 7) is 4.64. The molecule has 0 radical (unpaired) electrons. The van der Waals surface area contributed by atoms with Gasteiger partial charge in [0.15, 0.2) is 11.5 Å². The summed E-state index contributed by atoms with van der Waals surface area (Å²) >= 11 is 0. The number of aryl methyl sites for hydroxylation is 1. The van der Waals surface area contributed by atoms with Crippen molar-refractivity contribution in [2.24, 2.45) is 0 Å². The number of amides is 1. The Morgan fingerprint density at radius 3 is 2.46 bits per heavy atom. The second-order valence-electron chi connectivity index (χ2n) is 8.05. The van der Waals surface area contributed by atoms with E-state index in [4.69, 9.17) is 9.47 Å². The predicted molar refractivity (Wildman–Crippen MR) is 139 cm³/mol. The molecular formula is C30H26N2O3. The zero-order valence-corrected chi connectivity index (χ0v) is 19.7. The maximum Gasteiger partial charge on any atom is 0.266 e. The lowest BCUT2D eigenvalue weighted by Crippen LogP contribution is -2.14. The van der Waals surface area contributed by atoms with Gasteiger partial charge in [0, 0.05) is 5.69 Å². The number of hydrogen-bond donors (Lipinski definition) is 1. The number of nitrogens with zero attached hydrogens (tertiary/aromatic N) is 1. The first kappa shape index (κ1) is 23.6. The number of nitrogens with one attached hydrogen (secondary N) is 1. The number of nitriles is 1. The molecule has 0 aliphatic heterocycles. The molecule has 0 saturated heterocycles. The molecule has 5 heteroatoms. The van der Waals surface area contributed by atoms with Crippen LogP contribution in [0, 0.1) is 18.3 Å². The number of carbonyl (C=O) groups is 1. The fourth-order valence-corrected chi connectivity index (χ4v) is 3.71. The molecule has 4 rings (SSSR count). The van der Waals surface area contributed by atoms with Crippen LogP contribution in [0.25, 0.3) is 16.8 Å². The molecule has 0 unspecified atom stereocenters. The van der Waals surface area contributed by atoms with E-state index in [2.05, 4.69) is 29.6 Å². The van der Waals surface area contributed by atoms with Crippen LogP contribution in [0.3, 0.4) is 0 Å². The van der Waals surface area contributed by atoms with Crippen molar-refractivity contribution in [1.82, 2.24) is 0 Å². The fourth-order valence-electron chi connectivity index (χ4n) is 3.71. The molecule has 5 nitrogen and oxygen atoms in total. The van der Waals surface area contributed by atoms with Gasteiger partial charge in [-0.05, 0) is 71.7 Å². The third-order valence-electron chi connectivity index (χ3n) is 5.55. The molecule has 1 amide bonds. The van der Waals surface area contributed by atoms with E-state index in [1.165, 1.54) is 5.39 Å². The summed E-state index contributed by atoms with van der Waals surface area (Å²) in [6, 6.07) is 29.2. The highest BCUT2D eigenvalue weighted by molar-refractivity contribution is 6.10. The normalized spacial score (nSPS) is 11.1. The quantitative estimate of drug-likeness (QED) is 0.234. The van der Waals surface area contributed by atoms with Gasteiger partial charge in [-0.15, -0.1) is 0 Å². The van der Waals surface area contributed by atoms with Crippen molar-refractivity contribution in [3.05, 3.63) is 107 Å². The van der Waals surface area contributed by atoms with Gasteiger partial charge in [-0.3, -0.25) is 4.79 Å². The molecule has 4 aromatic rings.